The van der Waals surface area contributed by atoms with Crippen molar-refractivity contribution in [3.8, 4) is 0 Å². The lowest BCUT2D eigenvalue weighted by Crippen LogP contribution is -2.51. The molecule has 5 fully saturated rings. The quantitative estimate of drug-likeness (QED) is 0.715. The Morgan fingerprint density at radius 3 is 2.50 bits per heavy atom. The molecule has 1 N–H and O–H groups in total. The van der Waals surface area contributed by atoms with Crippen molar-refractivity contribution < 1.29 is 9.59 Å². The Bertz CT molecular complexity index is 1070. The number of carbonyl (C=O) groups is 2. The van der Waals surface area contributed by atoms with E-state index in [9.17, 15) is 9.59 Å². The molecule has 0 spiro atoms. The second kappa shape index (κ2) is 8.36. The predicted octanol–water partition coefficient (Wildman–Crippen LogP) is 2.99. The topological polar surface area (TPSA) is 70.0 Å². The van der Waals surface area contributed by atoms with Gasteiger partial charge >= 0.3 is 0 Å². The number of rotatable bonds is 6. The van der Waals surface area contributed by atoms with Crippen LogP contribution in [0, 0.1) is 23.2 Å². The summed E-state index contributed by atoms with van der Waals surface area (Å²) >= 11 is 0. The average molecular weight is 464 g/mol. The van der Waals surface area contributed by atoms with Crippen molar-refractivity contribution >= 4 is 17.5 Å². The Morgan fingerprint density at radius 2 is 1.85 bits per heavy atom. The summed E-state index contributed by atoms with van der Waals surface area (Å²) in [4.78, 5) is 34.9. The molecule has 5 aliphatic rings. The summed E-state index contributed by atoms with van der Waals surface area (Å²) in [7, 11) is 3.99. The van der Waals surface area contributed by atoms with Gasteiger partial charge in [-0.25, -0.2) is 4.98 Å². The van der Waals surface area contributed by atoms with E-state index < -0.39 is 0 Å². The van der Waals surface area contributed by atoms with Crippen molar-refractivity contribution in [2.45, 2.75) is 57.4 Å². The van der Waals surface area contributed by atoms with E-state index in [-0.39, 0.29) is 24.3 Å². The minimum absolute atomic E-state index is 0.0391. The number of hydrogen-bond acceptors (Lipinski definition) is 4. The Morgan fingerprint density at radius 1 is 1.15 bits per heavy atom. The third kappa shape index (κ3) is 4.02. The monoisotopic (exact) mass is 463 g/mol. The van der Waals surface area contributed by atoms with E-state index in [1.165, 1.54) is 38.5 Å². The molecule has 34 heavy (non-hydrogen) atoms. The van der Waals surface area contributed by atoms with Gasteiger partial charge < -0.3 is 15.1 Å². The van der Waals surface area contributed by atoms with Crippen LogP contribution < -0.4 is 5.32 Å². The smallest absolute Gasteiger partial charge is 0.268 e. The van der Waals surface area contributed by atoms with Gasteiger partial charge in [0.05, 0.1) is 12.1 Å². The largest absolute Gasteiger partial charge is 0.350 e. The minimum atomic E-state index is -0.0391. The molecule has 182 valence electrons. The Labute approximate surface area is 201 Å². The van der Waals surface area contributed by atoms with E-state index >= 15 is 0 Å². The number of nitrogens with one attached hydrogen (secondary N) is 1. The fraction of sp³-hybridized carbons (Fsp3) is 0.667. The normalized spacial score (nSPS) is 32.4. The number of carbonyl (C=O) groups excluding carboxylic acids is 2. The van der Waals surface area contributed by atoms with Gasteiger partial charge in [-0.15, -0.1) is 0 Å². The van der Waals surface area contributed by atoms with Crippen molar-refractivity contribution in [2.75, 3.05) is 33.7 Å². The highest BCUT2D eigenvalue weighted by Gasteiger charge is 2.50. The van der Waals surface area contributed by atoms with Crippen molar-refractivity contribution in [1.82, 2.24) is 24.5 Å². The third-order valence-corrected chi connectivity index (χ3v) is 9.20. The van der Waals surface area contributed by atoms with Crippen molar-refractivity contribution in [3.63, 3.8) is 0 Å². The van der Waals surface area contributed by atoms with Crippen LogP contribution in [-0.4, -0.2) is 70.8 Å². The maximum atomic E-state index is 13.3. The third-order valence-electron chi connectivity index (χ3n) is 9.20. The molecule has 1 atom stereocenters. The molecule has 2 aromatic heterocycles. The summed E-state index contributed by atoms with van der Waals surface area (Å²) in [5.41, 5.74) is 2.33. The van der Waals surface area contributed by atoms with Crippen molar-refractivity contribution in [1.29, 1.82) is 0 Å². The summed E-state index contributed by atoms with van der Waals surface area (Å²) in [5, 5.41) is 3.29. The molecule has 7 heteroatoms. The molecule has 0 radical (unpaired) electrons. The zero-order chi connectivity index (χ0) is 23.4. The van der Waals surface area contributed by atoms with Gasteiger partial charge in [0.2, 0.25) is 5.91 Å². The average Bonchev–Trinajstić information content (AvgIpc) is 3.41. The first-order chi connectivity index (χ1) is 16.4. The zero-order valence-corrected chi connectivity index (χ0v) is 20.5. The minimum Gasteiger partial charge on any atom is -0.350 e. The fourth-order valence-electron chi connectivity index (χ4n) is 7.91. The molecule has 4 saturated carbocycles. The standard InChI is InChI=1S/C27H37N5O2/c1-30-7-6-22(16-30)31(2)25(33)11-21-15-32-23(4-3-5-24(32)29-21)26(34)28-17-27-12-18-8-19(13-27)10-20(9-18)14-27/h3-5,15,18-20,22H,6-14,16-17H2,1-2H3,(H,28,34). The van der Waals surface area contributed by atoms with Crippen LogP contribution in [0.5, 0.6) is 0 Å². The number of likely N-dealkylation sites (tertiary alicyclic amines) is 1. The van der Waals surface area contributed by atoms with E-state index in [4.69, 9.17) is 0 Å². The van der Waals surface area contributed by atoms with Gasteiger partial charge in [0.1, 0.15) is 11.3 Å². The van der Waals surface area contributed by atoms with E-state index in [2.05, 4.69) is 22.2 Å². The number of nitrogens with zero attached hydrogens (tertiary/aromatic N) is 4. The van der Waals surface area contributed by atoms with Crippen LogP contribution in [0.4, 0.5) is 0 Å². The van der Waals surface area contributed by atoms with Gasteiger partial charge in [0.15, 0.2) is 0 Å². The molecule has 3 heterocycles. The lowest BCUT2D eigenvalue weighted by molar-refractivity contribution is -0.131. The van der Waals surface area contributed by atoms with Crippen LogP contribution in [0.25, 0.3) is 5.65 Å². The number of fused-ring (bicyclic) bond motifs is 1. The summed E-state index contributed by atoms with van der Waals surface area (Å²) in [6.07, 6.45) is 11.2. The number of hydrogen-bond donors (Lipinski definition) is 1. The molecule has 7 rings (SSSR count). The summed E-state index contributed by atoms with van der Waals surface area (Å²) in [6, 6.07) is 5.91. The SMILES string of the molecule is CN1CCC(N(C)C(=O)Cc2cn3c(C(=O)NCC45CC6CC(CC(C6)C4)C5)cccc3n2)C1. The zero-order valence-electron chi connectivity index (χ0n) is 20.5. The van der Waals surface area contributed by atoms with Crippen LogP contribution in [0.2, 0.25) is 0 Å². The maximum Gasteiger partial charge on any atom is 0.268 e. The van der Waals surface area contributed by atoms with Crippen LogP contribution in [0.1, 0.15) is 61.1 Å². The van der Waals surface area contributed by atoms with Gasteiger partial charge in [0.25, 0.3) is 5.91 Å². The number of aromatic nitrogens is 2. The first-order valence-corrected chi connectivity index (χ1v) is 13.1. The van der Waals surface area contributed by atoms with E-state index in [0.29, 0.717) is 22.5 Å². The van der Waals surface area contributed by atoms with Gasteiger partial charge in [-0.05, 0) is 93.8 Å². The Kier molecular flexibility index (Phi) is 5.43. The van der Waals surface area contributed by atoms with Crippen LogP contribution in [0.15, 0.2) is 24.4 Å². The second-order valence-electron chi connectivity index (χ2n) is 11.9. The lowest BCUT2D eigenvalue weighted by Gasteiger charge is -2.56. The second-order valence-corrected chi connectivity index (χ2v) is 11.9. The maximum absolute atomic E-state index is 13.3. The summed E-state index contributed by atoms with van der Waals surface area (Å²) in [6.45, 7) is 2.73. The molecule has 1 saturated heterocycles. The molecule has 7 nitrogen and oxygen atoms in total. The highest BCUT2D eigenvalue weighted by Crippen LogP contribution is 2.59. The van der Waals surface area contributed by atoms with Crippen molar-refractivity contribution in [3.05, 3.63) is 35.8 Å². The van der Waals surface area contributed by atoms with E-state index in [1.54, 1.807) is 0 Å². The molecule has 2 amide bonds. The van der Waals surface area contributed by atoms with Crippen LogP contribution in [-0.2, 0) is 11.2 Å². The highest BCUT2D eigenvalue weighted by atomic mass is 16.2. The molecular formula is C27H37N5O2. The van der Waals surface area contributed by atoms with Crippen LogP contribution >= 0.6 is 0 Å². The first kappa shape index (κ1) is 22.1. The van der Waals surface area contributed by atoms with E-state index in [1.807, 2.05) is 40.7 Å². The Balaban J connectivity index is 1.14. The van der Waals surface area contributed by atoms with E-state index in [0.717, 1.165) is 43.8 Å². The molecule has 4 bridgehead atoms. The lowest BCUT2D eigenvalue weighted by atomic mass is 9.49. The molecule has 1 aliphatic heterocycles. The molecule has 2 aromatic rings. The molecule has 1 unspecified atom stereocenters. The van der Waals surface area contributed by atoms with Gasteiger partial charge in [-0.1, -0.05) is 6.07 Å². The Hall–Kier alpha value is -2.41. The van der Waals surface area contributed by atoms with Crippen LogP contribution in [0.3, 0.4) is 0 Å². The van der Waals surface area contributed by atoms with Gasteiger partial charge in [0, 0.05) is 32.4 Å². The summed E-state index contributed by atoms with van der Waals surface area (Å²) < 4.78 is 1.85. The number of pyridine rings is 1. The fourth-order valence-corrected chi connectivity index (χ4v) is 7.91. The number of imidazole rings is 1. The predicted molar refractivity (Wildman–Crippen MR) is 131 cm³/mol. The highest BCUT2D eigenvalue weighted by molar-refractivity contribution is 5.93. The molecule has 4 aliphatic carbocycles. The number of amides is 2. The molecule has 0 aromatic carbocycles. The number of likely N-dealkylation sites (N-methyl/N-ethyl adjacent to an activating group) is 2. The van der Waals surface area contributed by atoms with Gasteiger partial charge in [-0.3, -0.25) is 14.0 Å². The van der Waals surface area contributed by atoms with Gasteiger partial charge in [-0.2, -0.15) is 0 Å². The summed E-state index contributed by atoms with van der Waals surface area (Å²) in [5.74, 6) is 2.67. The molecular weight excluding hydrogens is 426 g/mol. The first-order valence-electron chi connectivity index (χ1n) is 13.1. The van der Waals surface area contributed by atoms with Crippen molar-refractivity contribution in [2.24, 2.45) is 23.2 Å².